The summed E-state index contributed by atoms with van der Waals surface area (Å²) in [6, 6.07) is 6.89. The van der Waals surface area contributed by atoms with E-state index >= 15 is 0 Å². The highest BCUT2D eigenvalue weighted by molar-refractivity contribution is 7.14. The zero-order valence-electron chi connectivity index (χ0n) is 15.5. The Bertz CT molecular complexity index is 1010. The second kappa shape index (κ2) is 9.02. The van der Waals surface area contributed by atoms with Crippen molar-refractivity contribution in [3.63, 3.8) is 0 Å². The summed E-state index contributed by atoms with van der Waals surface area (Å²) >= 11 is 1.27. The molecule has 0 unspecified atom stereocenters. The number of aryl methyl sites for hydroxylation is 1. The van der Waals surface area contributed by atoms with Gasteiger partial charge in [0, 0.05) is 24.7 Å². The van der Waals surface area contributed by atoms with Crippen LogP contribution in [-0.4, -0.2) is 29.9 Å². The molecule has 28 heavy (non-hydrogen) atoms. The summed E-state index contributed by atoms with van der Waals surface area (Å²) in [4.78, 5) is 28.3. The first-order chi connectivity index (χ1) is 13.5. The second-order valence-electron chi connectivity index (χ2n) is 5.99. The molecular formula is C21H19N3O3S. The van der Waals surface area contributed by atoms with Crippen LogP contribution in [0.3, 0.4) is 0 Å². The van der Waals surface area contributed by atoms with Gasteiger partial charge in [0.1, 0.15) is 10.6 Å². The average molecular weight is 393 g/mol. The molecule has 2 N–H and O–H groups in total. The number of carbonyl (C=O) groups excluding carboxylic acids is 2. The normalized spacial score (nSPS) is 12.3. The monoisotopic (exact) mass is 393 g/mol. The van der Waals surface area contributed by atoms with Crippen LogP contribution in [0.2, 0.25) is 0 Å². The lowest BCUT2D eigenvalue weighted by Gasteiger charge is -2.12. The Hall–Kier alpha value is -3.37. The van der Waals surface area contributed by atoms with Gasteiger partial charge in [-0.05, 0) is 43.2 Å². The summed E-state index contributed by atoms with van der Waals surface area (Å²) in [6.45, 7) is 4.36. The molecule has 7 heteroatoms. The average Bonchev–Trinajstić information content (AvgIpc) is 3.07. The highest BCUT2D eigenvalue weighted by atomic mass is 32.1. The van der Waals surface area contributed by atoms with Crippen LogP contribution >= 0.6 is 11.3 Å². The molecule has 0 spiro atoms. The molecule has 0 aliphatic carbocycles. The standard InChI is InChI=1S/C21H19N3O3S/c1-14-20(21(26)23-13-17-5-3-4-12-22-17)28-19(24-14)11-8-16-6-9-18(10-7-16)27-15(2)25/h3-7,9-10,22H,12-13H2,1-2H3,(H,23,26). The molecule has 2 aromatic rings. The van der Waals surface area contributed by atoms with Crippen LogP contribution in [0, 0.1) is 18.8 Å². The van der Waals surface area contributed by atoms with Crippen molar-refractivity contribution in [3.8, 4) is 17.6 Å². The fourth-order valence-corrected chi connectivity index (χ4v) is 3.27. The number of amides is 1. The molecule has 1 aromatic heterocycles. The molecule has 0 fully saturated rings. The van der Waals surface area contributed by atoms with E-state index in [1.807, 2.05) is 18.2 Å². The molecule has 2 heterocycles. The van der Waals surface area contributed by atoms with E-state index in [1.165, 1.54) is 18.3 Å². The summed E-state index contributed by atoms with van der Waals surface area (Å²) in [6.07, 6.45) is 5.91. The number of allylic oxidation sites excluding steroid dienone is 2. The number of hydrogen-bond donors (Lipinski definition) is 2. The minimum absolute atomic E-state index is 0.161. The number of aromatic nitrogens is 1. The highest BCUT2D eigenvalue weighted by Crippen LogP contribution is 2.18. The third-order valence-corrected chi connectivity index (χ3v) is 4.82. The molecule has 1 amide bonds. The van der Waals surface area contributed by atoms with Gasteiger partial charge in [0.05, 0.1) is 12.2 Å². The van der Waals surface area contributed by atoms with E-state index in [0.29, 0.717) is 27.9 Å². The third kappa shape index (κ3) is 5.32. The molecule has 0 saturated heterocycles. The molecular weight excluding hydrogens is 374 g/mol. The van der Waals surface area contributed by atoms with Gasteiger partial charge in [0.15, 0.2) is 5.01 Å². The Morgan fingerprint density at radius 3 is 2.75 bits per heavy atom. The van der Waals surface area contributed by atoms with Crippen molar-refractivity contribution >= 4 is 23.2 Å². The summed E-state index contributed by atoms with van der Waals surface area (Å²) in [5, 5.41) is 6.67. The van der Waals surface area contributed by atoms with Gasteiger partial charge in [0.25, 0.3) is 5.91 Å². The number of ether oxygens (including phenoxy) is 1. The predicted molar refractivity (Wildman–Crippen MR) is 108 cm³/mol. The van der Waals surface area contributed by atoms with Gasteiger partial charge in [-0.1, -0.05) is 18.1 Å². The third-order valence-electron chi connectivity index (χ3n) is 3.75. The van der Waals surface area contributed by atoms with Crippen LogP contribution < -0.4 is 15.4 Å². The van der Waals surface area contributed by atoms with Crippen molar-refractivity contribution in [2.75, 3.05) is 13.1 Å². The molecule has 3 rings (SSSR count). The SMILES string of the molecule is CC(=O)Oc1ccc(C#Cc2nc(C)c(C(=O)NCC3=CC=CCN3)s2)cc1. The summed E-state index contributed by atoms with van der Waals surface area (Å²) < 4.78 is 4.99. The van der Waals surface area contributed by atoms with Gasteiger partial charge >= 0.3 is 5.97 Å². The summed E-state index contributed by atoms with van der Waals surface area (Å²) in [7, 11) is 0. The Morgan fingerprint density at radius 2 is 2.07 bits per heavy atom. The fourth-order valence-electron chi connectivity index (χ4n) is 2.44. The number of carbonyl (C=O) groups is 2. The first kappa shape index (κ1) is 19.4. The van der Waals surface area contributed by atoms with E-state index in [-0.39, 0.29) is 11.9 Å². The number of thiazole rings is 1. The Labute approximate surface area is 167 Å². The fraction of sp³-hybridized carbons (Fsp3) is 0.190. The van der Waals surface area contributed by atoms with E-state index < -0.39 is 0 Å². The lowest BCUT2D eigenvalue weighted by Crippen LogP contribution is -2.31. The Balaban J connectivity index is 1.64. The smallest absolute Gasteiger partial charge is 0.308 e. The van der Waals surface area contributed by atoms with Crippen molar-refractivity contribution in [1.29, 1.82) is 0 Å². The van der Waals surface area contributed by atoms with Gasteiger partial charge in [-0.25, -0.2) is 4.98 Å². The van der Waals surface area contributed by atoms with Crippen LogP contribution in [0.25, 0.3) is 0 Å². The first-order valence-electron chi connectivity index (χ1n) is 8.67. The van der Waals surface area contributed by atoms with Crippen LogP contribution in [0.4, 0.5) is 0 Å². The number of rotatable bonds is 4. The van der Waals surface area contributed by atoms with Gasteiger partial charge in [-0.3, -0.25) is 9.59 Å². The van der Waals surface area contributed by atoms with Crippen LogP contribution in [0.5, 0.6) is 5.75 Å². The molecule has 0 atom stereocenters. The zero-order valence-corrected chi connectivity index (χ0v) is 16.4. The molecule has 0 bridgehead atoms. The Morgan fingerprint density at radius 1 is 1.29 bits per heavy atom. The molecule has 142 valence electrons. The largest absolute Gasteiger partial charge is 0.427 e. The van der Waals surface area contributed by atoms with Gasteiger partial charge in [0.2, 0.25) is 0 Å². The van der Waals surface area contributed by atoms with Crippen molar-refractivity contribution in [2.24, 2.45) is 0 Å². The van der Waals surface area contributed by atoms with Gasteiger partial charge < -0.3 is 15.4 Å². The molecule has 0 saturated carbocycles. The lowest BCUT2D eigenvalue weighted by molar-refractivity contribution is -0.131. The summed E-state index contributed by atoms with van der Waals surface area (Å²) in [5.74, 6) is 5.93. The number of hydrogen-bond acceptors (Lipinski definition) is 6. The maximum absolute atomic E-state index is 12.4. The van der Waals surface area contributed by atoms with E-state index in [1.54, 1.807) is 31.2 Å². The lowest BCUT2D eigenvalue weighted by atomic mass is 10.2. The molecule has 1 aliphatic rings. The number of benzene rings is 1. The van der Waals surface area contributed by atoms with Crippen molar-refractivity contribution in [3.05, 3.63) is 69.3 Å². The molecule has 1 aliphatic heterocycles. The number of dihydropyridines is 1. The van der Waals surface area contributed by atoms with Crippen molar-refractivity contribution in [1.82, 2.24) is 15.6 Å². The second-order valence-corrected chi connectivity index (χ2v) is 6.98. The van der Waals surface area contributed by atoms with Crippen LogP contribution in [0.1, 0.15) is 32.9 Å². The topological polar surface area (TPSA) is 80.3 Å². The predicted octanol–water partition coefficient (Wildman–Crippen LogP) is 2.55. The van der Waals surface area contributed by atoms with Gasteiger partial charge in [-0.15, -0.1) is 11.3 Å². The minimum atomic E-state index is -0.366. The maximum Gasteiger partial charge on any atom is 0.308 e. The van der Waals surface area contributed by atoms with E-state index in [9.17, 15) is 9.59 Å². The van der Waals surface area contributed by atoms with Crippen LogP contribution in [0.15, 0.2) is 48.2 Å². The molecule has 1 aromatic carbocycles. The van der Waals surface area contributed by atoms with E-state index in [0.717, 1.165) is 17.8 Å². The summed E-state index contributed by atoms with van der Waals surface area (Å²) in [5.41, 5.74) is 2.39. The Kier molecular flexibility index (Phi) is 6.25. The highest BCUT2D eigenvalue weighted by Gasteiger charge is 2.14. The van der Waals surface area contributed by atoms with Crippen molar-refractivity contribution in [2.45, 2.75) is 13.8 Å². The number of esters is 1. The first-order valence-corrected chi connectivity index (χ1v) is 9.48. The molecule has 0 radical (unpaired) electrons. The van der Waals surface area contributed by atoms with Crippen molar-refractivity contribution < 1.29 is 14.3 Å². The maximum atomic E-state index is 12.4. The van der Waals surface area contributed by atoms with E-state index in [2.05, 4.69) is 27.5 Å². The zero-order chi connectivity index (χ0) is 19.9. The van der Waals surface area contributed by atoms with Crippen LogP contribution in [-0.2, 0) is 4.79 Å². The quantitative estimate of drug-likeness (QED) is 0.474. The number of nitrogens with one attached hydrogen (secondary N) is 2. The van der Waals surface area contributed by atoms with Gasteiger partial charge in [-0.2, -0.15) is 0 Å². The molecule has 6 nitrogen and oxygen atoms in total. The van der Waals surface area contributed by atoms with E-state index in [4.69, 9.17) is 4.74 Å². The number of nitrogens with zero attached hydrogens (tertiary/aromatic N) is 1. The minimum Gasteiger partial charge on any atom is -0.427 e.